The van der Waals surface area contributed by atoms with E-state index in [-0.39, 0.29) is 0 Å². The molecular weight excluding hydrogens is 142 g/mol. The molecule has 0 fully saturated rings. The molecule has 0 spiro atoms. The zero-order chi connectivity index (χ0) is 8.10. The smallest absolute Gasteiger partial charge is 0.0947 e. The third kappa shape index (κ3) is 1.93. The maximum absolute atomic E-state index is 4.88. The van der Waals surface area contributed by atoms with Gasteiger partial charge in [0.25, 0.3) is 0 Å². The first-order valence-corrected chi connectivity index (χ1v) is 3.23. The van der Waals surface area contributed by atoms with Crippen LogP contribution in [0.2, 0.25) is 0 Å². The van der Waals surface area contributed by atoms with Crippen LogP contribution in [0.4, 0.5) is 5.69 Å². The standard InChI is InChI=1S/C8H10NO2/c1-10-9(11-2)8-6-4-3-5-7-8/h4-7H,1-2H3. The SMILES string of the molecule is CON(OC)c1cc[c]cc1. The van der Waals surface area contributed by atoms with Crippen molar-refractivity contribution in [2.75, 3.05) is 19.4 Å². The van der Waals surface area contributed by atoms with Gasteiger partial charge in [0.1, 0.15) is 0 Å². The lowest BCUT2D eigenvalue weighted by atomic mass is 10.3. The fourth-order valence-corrected chi connectivity index (χ4v) is 0.785. The van der Waals surface area contributed by atoms with E-state index in [1.807, 2.05) is 12.1 Å². The fourth-order valence-electron chi connectivity index (χ4n) is 0.785. The molecule has 0 unspecified atom stereocenters. The zero-order valence-electron chi connectivity index (χ0n) is 6.57. The number of hydrogen-bond donors (Lipinski definition) is 0. The minimum atomic E-state index is 0.841. The van der Waals surface area contributed by atoms with Gasteiger partial charge in [-0.05, 0) is 18.2 Å². The van der Waals surface area contributed by atoms with E-state index in [4.69, 9.17) is 9.68 Å². The van der Waals surface area contributed by atoms with Crippen LogP contribution in [0.3, 0.4) is 0 Å². The van der Waals surface area contributed by atoms with E-state index < -0.39 is 0 Å². The number of rotatable bonds is 3. The largest absolute Gasteiger partial charge is 0.252 e. The van der Waals surface area contributed by atoms with Gasteiger partial charge in [0.15, 0.2) is 0 Å². The Morgan fingerprint density at radius 3 is 2.18 bits per heavy atom. The summed E-state index contributed by atoms with van der Waals surface area (Å²) in [5, 5.41) is 1.31. The summed E-state index contributed by atoms with van der Waals surface area (Å²) < 4.78 is 0. The van der Waals surface area contributed by atoms with Crippen LogP contribution in [-0.2, 0) is 9.68 Å². The van der Waals surface area contributed by atoms with E-state index in [0.29, 0.717) is 0 Å². The van der Waals surface area contributed by atoms with Crippen LogP contribution >= 0.6 is 0 Å². The van der Waals surface area contributed by atoms with E-state index in [1.54, 1.807) is 26.4 Å². The molecule has 0 saturated carbocycles. The Morgan fingerprint density at radius 1 is 1.18 bits per heavy atom. The molecule has 0 heterocycles. The lowest BCUT2D eigenvalue weighted by Gasteiger charge is -2.17. The highest BCUT2D eigenvalue weighted by Gasteiger charge is 2.00. The number of anilines is 1. The first-order valence-electron chi connectivity index (χ1n) is 3.23. The maximum atomic E-state index is 4.88. The Labute approximate surface area is 66.1 Å². The Balaban J connectivity index is 2.74. The molecule has 3 nitrogen and oxygen atoms in total. The molecule has 0 aliphatic rings. The van der Waals surface area contributed by atoms with Gasteiger partial charge in [-0.25, -0.2) is 0 Å². The van der Waals surface area contributed by atoms with Gasteiger partial charge in [0, 0.05) is 0 Å². The van der Waals surface area contributed by atoms with Gasteiger partial charge in [-0.1, -0.05) is 12.1 Å². The van der Waals surface area contributed by atoms with Crippen LogP contribution in [0.25, 0.3) is 0 Å². The van der Waals surface area contributed by atoms with Crippen molar-refractivity contribution in [1.82, 2.24) is 0 Å². The fraction of sp³-hybridized carbons (Fsp3) is 0.250. The second-order valence-corrected chi connectivity index (χ2v) is 1.88. The van der Waals surface area contributed by atoms with E-state index in [9.17, 15) is 0 Å². The Kier molecular flexibility index (Phi) is 2.89. The Morgan fingerprint density at radius 2 is 1.73 bits per heavy atom. The molecule has 0 N–H and O–H groups in total. The van der Waals surface area contributed by atoms with Crippen LogP contribution in [0.5, 0.6) is 0 Å². The molecular formula is C8H10NO2. The van der Waals surface area contributed by atoms with E-state index in [1.165, 1.54) is 5.23 Å². The van der Waals surface area contributed by atoms with Gasteiger partial charge in [-0.3, -0.25) is 9.68 Å². The molecule has 59 valence electrons. The summed E-state index contributed by atoms with van der Waals surface area (Å²) in [5.74, 6) is 0. The quantitative estimate of drug-likeness (QED) is 0.611. The van der Waals surface area contributed by atoms with Gasteiger partial charge in [0.2, 0.25) is 0 Å². The number of hydrogen-bond acceptors (Lipinski definition) is 3. The van der Waals surface area contributed by atoms with E-state index >= 15 is 0 Å². The van der Waals surface area contributed by atoms with Crippen molar-refractivity contribution in [1.29, 1.82) is 0 Å². The molecule has 1 aromatic rings. The maximum Gasteiger partial charge on any atom is 0.0947 e. The van der Waals surface area contributed by atoms with Crippen LogP contribution in [0.1, 0.15) is 0 Å². The third-order valence-electron chi connectivity index (χ3n) is 1.24. The summed E-state index contributed by atoms with van der Waals surface area (Å²) >= 11 is 0. The van der Waals surface area contributed by atoms with E-state index in [2.05, 4.69) is 6.07 Å². The average molecular weight is 152 g/mol. The van der Waals surface area contributed by atoms with Crippen LogP contribution in [0, 0.1) is 6.07 Å². The Bertz CT molecular complexity index is 197. The summed E-state index contributed by atoms with van der Waals surface area (Å²) in [6, 6.07) is 10.2. The number of nitrogens with zero attached hydrogens (tertiary/aromatic N) is 1. The predicted octanol–water partition coefficient (Wildman–Crippen LogP) is 1.42. The van der Waals surface area contributed by atoms with Crippen molar-refractivity contribution in [3.05, 3.63) is 30.3 Å². The second-order valence-electron chi connectivity index (χ2n) is 1.88. The van der Waals surface area contributed by atoms with E-state index in [0.717, 1.165) is 5.69 Å². The molecule has 1 rings (SSSR count). The lowest BCUT2D eigenvalue weighted by molar-refractivity contribution is -0.0433. The van der Waals surface area contributed by atoms with Gasteiger partial charge >= 0.3 is 0 Å². The molecule has 1 radical (unpaired) electrons. The van der Waals surface area contributed by atoms with Crippen molar-refractivity contribution in [3.8, 4) is 0 Å². The van der Waals surface area contributed by atoms with Crippen molar-refractivity contribution >= 4 is 5.69 Å². The van der Waals surface area contributed by atoms with Crippen molar-refractivity contribution < 1.29 is 9.68 Å². The van der Waals surface area contributed by atoms with Crippen molar-refractivity contribution in [2.24, 2.45) is 0 Å². The van der Waals surface area contributed by atoms with Crippen LogP contribution in [0.15, 0.2) is 24.3 Å². The van der Waals surface area contributed by atoms with Gasteiger partial charge in [-0.2, -0.15) is 0 Å². The predicted molar refractivity (Wildman–Crippen MR) is 41.8 cm³/mol. The monoisotopic (exact) mass is 152 g/mol. The van der Waals surface area contributed by atoms with Crippen LogP contribution in [-0.4, -0.2) is 14.2 Å². The minimum absolute atomic E-state index is 0.841. The first kappa shape index (κ1) is 8.04. The Hall–Kier alpha value is -1.06. The summed E-state index contributed by atoms with van der Waals surface area (Å²) in [4.78, 5) is 9.77. The van der Waals surface area contributed by atoms with Crippen molar-refractivity contribution in [2.45, 2.75) is 0 Å². The molecule has 0 aromatic heterocycles. The summed E-state index contributed by atoms with van der Waals surface area (Å²) in [6.07, 6.45) is 0. The van der Waals surface area contributed by atoms with Gasteiger partial charge in [-0.15, -0.1) is 5.23 Å². The molecule has 0 aliphatic heterocycles. The molecule has 0 bridgehead atoms. The molecule has 0 amide bonds. The summed E-state index contributed by atoms with van der Waals surface area (Å²) in [7, 11) is 3.08. The lowest BCUT2D eigenvalue weighted by Crippen LogP contribution is -2.19. The third-order valence-corrected chi connectivity index (χ3v) is 1.24. The zero-order valence-corrected chi connectivity index (χ0v) is 6.57. The minimum Gasteiger partial charge on any atom is -0.252 e. The van der Waals surface area contributed by atoms with Crippen molar-refractivity contribution in [3.63, 3.8) is 0 Å². The summed E-state index contributed by atoms with van der Waals surface area (Å²) in [6.45, 7) is 0. The molecule has 0 atom stereocenters. The highest BCUT2D eigenvalue weighted by molar-refractivity contribution is 5.40. The van der Waals surface area contributed by atoms with Gasteiger partial charge in [0.05, 0.1) is 19.9 Å². The van der Waals surface area contributed by atoms with Gasteiger partial charge < -0.3 is 0 Å². The molecule has 0 saturated heterocycles. The topological polar surface area (TPSA) is 21.7 Å². The molecule has 1 aromatic carbocycles. The molecule has 0 aliphatic carbocycles. The number of benzene rings is 1. The van der Waals surface area contributed by atoms with Crippen LogP contribution < -0.4 is 5.23 Å². The first-order chi connectivity index (χ1) is 5.38. The molecule has 11 heavy (non-hydrogen) atoms. The normalized spacial score (nSPS) is 9.64. The molecule has 3 heteroatoms. The second kappa shape index (κ2) is 3.95. The highest BCUT2D eigenvalue weighted by Crippen LogP contribution is 2.11. The summed E-state index contributed by atoms with van der Waals surface area (Å²) in [5.41, 5.74) is 0.841. The highest BCUT2D eigenvalue weighted by atomic mass is 16.9. The average Bonchev–Trinajstić information content (AvgIpc) is 2.09.